The average Bonchev–Trinajstić information content (AvgIpc) is 2.90. The fourth-order valence-electron chi connectivity index (χ4n) is 4.77. The second-order valence-electron chi connectivity index (χ2n) is 8.70. The largest absolute Gasteiger partial charge is 0.492 e. The van der Waals surface area contributed by atoms with Gasteiger partial charge in [0.15, 0.2) is 11.6 Å². The Hall–Kier alpha value is -2.85. The minimum atomic E-state index is -0.322. The van der Waals surface area contributed by atoms with Crippen molar-refractivity contribution in [3.05, 3.63) is 30.1 Å². The number of para-hydroxylation sites is 2. The van der Waals surface area contributed by atoms with Crippen LogP contribution in [0.2, 0.25) is 0 Å². The number of anilines is 4. The monoisotopic (exact) mass is 471 g/mol. The molecule has 0 amide bonds. The van der Waals surface area contributed by atoms with Gasteiger partial charge in [-0.05, 0) is 19.1 Å². The number of ether oxygens (including phenoxy) is 2. The number of aromatic nitrogens is 2. The van der Waals surface area contributed by atoms with Crippen LogP contribution in [0.4, 0.5) is 27.7 Å². The van der Waals surface area contributed by atoms with Gasteiger partial charge in [0, 0.05) is 65.4 Å². The molecule has 0 aliphatic carbocycles. The van der Waals surface area contributed by atoms with Crippen molar-refractivity contribution in [1.29, 1.82) is 0 Å². The lowest BCUT2D eigenvalue weighted by atomic mass is 10.2. The highest BCUT2D eigenvalue weighted by Crippen LogP contribution is 2.32. The van der Waals surface area contributed by atoms with Gasteiger partial charge >= 0.3 is 0 Å². The van der Waals surface area contributed by atoms with Gasteiger partial charge in [0.2, 0.25) is 11.8 Å². The SMILES string of the molecule is CCOc1ccccc1N1CCN(c2nc(N3CCNCC3)c(F)c(N3CCOCC3)n2)CC1. The third-order valence-corrected chi connectivity index (χ3v) is 6.60. The molecule has 1 aromatic heterocycles. The molecule has 1 aromatic carbocycles. The number of piperazine rings is 2. The van der Waals surface area contributed by atoms with Crippen molar-refractivity contribution in [3.63, 3.8) is 0 Å². The Morgan fingerprint density at radius 2 is 1.47 bits per heavy atom. The number of rotatable bonds is 6. The molecule has 0 saturated carbocycles. The average molecular weight is 472 g/mol. The third-order valence-electron chi connectivity index (χ3n) is 6.60. The predicted molar refractivity (Wildman–Crippen MR) is 132 cm³/mol. The number of nitrogens with one attached hydrogen (secondary N) is 1. The van der Waals surface area contributed by atoms with Gasteiger partial charge < -0.3 is 34.4 Å². The Balaban J connectivity index is 1.39. The molecule has 3 aliphatic heterocycles. The minimum absolute atomic E-state index is 0.322. The van der Waals surface area contributed by atoms with Gasteiger partial charge in [-0.25, -0.2) is 0 Å². The first-order valence-electron chi connectivity index (χ1n) is 12.3. The van der Waals surface area contributed by atoms with E-state index in [0.717, 1.165) is 63.8 Å². The van der Waals surface area contributed by atoms with Crippen molar-refractivity contribution in [2.45, 2.75) is 6.92 Å². The van der Waals surface area contributed by atoms with Crippen molar-refractivity contribution in [2.24, 2.45) is 0 Å². The molecule has 5 rings (SSSR count). The Bertz CT molecular complexity index is 919. The van der Waals surface area contributed by atoms with Crippen LogP contribution in [0.15, 0.2) is 24.3 Å². The fourth-order valence-corrected chi connectivity index (χ4v) is 4.77. The highest BCUT2D eigenvalue weighted by molar-refractivity contribution is 5.61. The van der Waals surface area contributed by atoms with Gasteiger partial charge in [0.25, 0.3) is 0 Å². The van der Waals surface area contributed by atoms with Crippen molar-refractivity contribution >= 4 is 23.3 Å². The first-order chi connectivity index (χ1) is 16.7. The Morgan fingerprint density at radius 1 is 0.853 bits per heavy atom. The van der Waals surface area contributed by atoms with E-state index in [1.807, 2.05) is 34.9 Å². The highest BCUT2D eigenvalue weighted by atomic mass is 19.1. The number of hydrogen-bond acceptors (Lipinski definition) is 9. The van der Waals surface area contributed by atoms with E-state index in [1.54, 1.807) is 0 Å². The van der Waals surface area contributed by atoms with Crippen LogP contribution >= 0.6 is 0 Å². The number of morpholine rings is 1. The zero-order valence-corrected chi connectivity index (χ0v) is 19.9. The summed E-state index contributed by atoms with van der Waals surface area (Å²) in [4.78, 5) is 18.0. The lowest BCUT2D eigenvalue weighted by Gasteiger charge is -2.38. The maximum absolute atomic E-state index is 15.7. The summed E-state index contributed by atoms with van der Waals surface area (Å²) in [5.41, 5.74) is 1.11. The smallest absolute Gasteiger partial charge is 0.229 e. The molecule has 4 heterocycles. The summed E-state index contributed by atoms with van der Waals surface area (Å²) in [6, 6.07) is 8.17. The molecule has 10 heteroatoms. The van der Waals surface area contributed by atoms with Crippen LogP contribution in [0.1, 0.15) is 6.92 Å². The molecule has 0 radical (unpaired) electrons. The molecule has 9 nitrogen and oxygen atoms in total. The first kappa shape index (κ1) is 22.9. The summed E-state index contributed by atoms with van der Waals surface area (Å²) in [6.45, 7) is 11.4. The quantitative estimate of drug-likeness (QED) is 0.676. The molecule has 0 unspecified atom stereocenters. The van der Waals surface area contributed by atoms with E-state index in [2.05, 4.69) is 21.2 Å². The zero-order chi connectivity index (χ0) is 23.3. The highest BCUT2D eigenvalue weighted by Gasteiger charge is 2.28. The van der Waals surface area contributed by atoms with Crippen molar-refractivity contribution < 1.29 is 13.9 Å². The second-order valence-corrected chi connectivity index (χ2v) is 8.70. The molecule has 184 valence electrons. The molecule has 0 atom stereocenters. The van der Waals surface area contributed by atoms with Gasteiger partial charge in [-0.3, -0.25) is 0 Å². The number of hydrogen-bond donors (Lipinski definition) is 1. The van der Waals surface area contributed by atoms with E-state index in [0.29, 0.717) is 50.5 Å². The van der Waals surface area contributed by atoms with E-state index in [1.165, 1.54) is 0 Å². The van der Waals surface area contributed by atoms with Crippen LogP contribution in [0.3, 0.4) is 0 Å². The molecule has 3 aliphatic rings. The van der Waals surface area contributed by atoms with Gasteiger partial charge in [0.05, 0.1) is 25.5 Å². The van der Waals surface area contributed by atoms with Crippen molar-refractivity contribution in [1.82, 2.24) is 15.3 Å². The zero-order valence-electron chi connectivity index (χ0n) is 19.9. The van der Waals surface area contributed by atoms with Gasteiger partial charge in [-0.1, -0.05) is 12.1 Å². The Morgan fingerprint density at radius 3 is 2.15 bits per heavy atom. The van der Waals surface area contributed by atoms with E-state index in [9.17, 15) is 0 Å². The third kappa shape index (κ3) is 4.83. The standard InChI is InChI=1S/C24H34FN7O2/c1-2-34-20-6-4-3-5-19(20)29-11-13-32(14-12-29)24-27-22(30-9-7-26-8-10-30)21(25)23(28-24)31-15-17-33-18-16-31/h3-6,26H,2,7-18H2,1H3. The van der Waals surface area contributed by atoms with Crippen molar-refractivity contribution in [3.8, 4) is 5.75 Å². The topological polar surface area (TPSA) is 69.2 Å². The maximum Gasteiger partial charge on any atom is 0.229 e. The molecule has 2 aromatic rings. The van der Waals surface area contributed by atoms with E-state index < -0.39 is 0 Å². The predicted octanol–water partition coefficient (Wildman–Crippen LogP) is 1.59. The number of nitrogens with zero attached hydrogens (tertiary/aromatic N) is 6. The summed E-state index contributed by atoms with van der Waals surface area (Å²) < 4.78 is 27.0. The summed E-state index contributed by atoms with van der Waals surface area (Å²) in [6.07, 6.45) is 0. The summed E-state index contributed by atoms with van der Waals surface area (Å²) >= 11 is 0. The summed E-state index contributed by atoms with van der Waals surface area (Å²) in [5.74, 6) is 2.00. The Labute approximate surface area is 200 Å². The lowest BCUT2D eigenvalue weighted by molar-refractivity contribution is 0.122. The minimum Gasteiger partial charge on any atom is -0.492 e. The van der Waals surface area contributed by atoms with E-state index in [-0.39, 0.29) is 5.82 Å². The molecule has 0 spiro atoms. The van der Waals surface area contributed by atoms with Gasteiger partial charge in [-0.15, -0.1) is 0 Å². The Kier molecular flexibility index (Phi) is 7.15. The number of benzene rings is 1. The van der Waals surface area contributed by atoms with Gasteiger partial charge in [-0.2, -0.15) is 14.4 Å². The second kappa shape index (κ2) is 10.6. The van der Waals surface area contributed by atoms with Crippen molar-refractivity contribution in [2.75, 3.05) is 105 Å². The normalized spacial score (nSPS) is 19.5. The van der Waals surface area contributed by atoms with Crippen LogP contribution in [-0.2, 0) is 4.74 Å². The van der Waals surface area contributed by atoms with Crippen LogP contribution in [0.5, 0.6) is 5.75 Å². The lowest BCUT2D eigenvalue weighted by Crippen LogP contribution is -2.48. The van der Waals surface area contributed by atoms with E-state index in [4.69, 9.17) is 19.4 Å². The summed E-state index contributed by atoms with van der Waals surface area (Å²) in [7, 11) is 0. The van der Waals surface area contributed by atoms with Crippen LogP contribution in [0, 0.1) is 5.82 Å². The molecule has 1 N–H and O–H groups in total. The molecule has 3 fully saturated rings. The first-order valence-corrected chi connectivity index (χ1v) is 12.3. The molecular weight excluding hydrogens is 437 g/mol. The summed E-state index contributed by atoms with van der Waals surface area (Å²) in [5, 5.41) is 3.33. The van der Waals surface area contributed by atoms with Gasteiger partial charge in [0.1, 0.15) is 5.75 Å². The maximum atomic E-state index is 15.7. The van der Waals surface area contributed by atoms with Crippen LogP contribution in [-0.4, -0.2) is 95.2 Å². The van der Waals surface area contributed by atoms with Crippen LogP contribution < -0.4 is 29.7 Å². The van der Waals surface area contributed by atoms with E-state index >= 15 is 4.39 Å². The van der Waals surface area contributed by atoms with Crippen LogP contribution in [0.25, 0.3) is 0 Å². The fraction of sp³-hybridized carbons (Fsp3) is 0.583. The molecule has 34 heavy (non-hydrogen) atoms. The molecule has 0 bridgehead atoms. The number of halogens is 1. The molecular formula is C24H34FN7O2. The molecule has 3 saturated heterocycles.